The summed E-state index contributed by atoms with van der Waals surface area (Å²) < 4.78 is 9.91. The molecule has 2 rings (SSSR count). The standard InChI is InChI=1S/C9H12N6O2/c1-16-4-7-14-8(17-15-7)2-3-11-9-12-5-10-6-13-9/h5-6H,2-4H2,1H3,(H,10,11,12,13). The maximum atomic E-state index is 5.02. The third kappa shape index (κ3) is 3.45. The topological polar surface area (TPSA) is 98.9 Å². The molecular formula is C9H12N6O2. The lowest BCUT2D eigenvalue weighted by atomic mass is 10.4. The van der Waals surface area contributed by atoms with Gasteiger partial charge in [-0.05, 0) is 0 Å². The molecule has 0 aliphatic rings. The molecule has 0 fully saturated rings. The van der Waals surface area contributed by atoms with Gasteiger partial charge in [-0.25, -0.2) is 15.0 Å². The van der Waals surface area contributed by atoms with Crippen molar-refractivity contribution < 1.29 is 9.26 Å². The second kappa shape index (κ2) is 5.85. The molecule has 17 heavy (non-hydrogen) atoms. The average Bonchev–Trinajstić information content (AvgIpc) is 2.79. The van der Waals surface area contributed by atoms with Crippen molar-refractivity contribution in [2.45, 2.75) is 13.0 Å². The Bertz CT molecular complexity index is 446. The SMILES string of the molecule is COCc1noc(CCNc2ncncn2)n1. The van der Waals surface area contributed by atoms with Crippen molar-refractivity contribution >= 4 is 5.95 Å². The Labute approximate surface area is 97.5 Å². The fourth-order valence-corrected chi connectivity index (χ4v) is 1.19. The van der Waals surface area contributed by atoms with E-state index in [1.165, 1.54) is 12.7 Å². The van der Waals surface area contributed by atoms with Gasteiger partial charge in [0, 0.05) is 20.1 Å². The van der Waals surface area contributed by atoms with E-state index in [1.807, 2.05) is 0 Å². The number of aromatic nitrogens is 5. The lowest BCUT2D eigenvalue weighted by Gasteiger charge is -1.99. The number of anilines is 1. The number of ether oxygens (including phenoxy) is 1. The Morgan fingerprint density at radius 3 is 2.94 bits per heavy atom. The van der Waals surface area contributed by atoms with Crippen molar-refractivity contribution in [3.8, 4) is 0 Å². The normalized spacial score (nSPS) is 10.4. The number of methoxy groups -OCH3 is 1. The number of nitrogens with zero attached hydrogens (tertiary/aromatic N) is 5. The number of rotatable bonds is 6. The molecular weight excluding hydrogens is 224 g/mol. The Hall–Kier alpha value is -2.09. The van der Waals surface area contributed by atoms with E-state index < -0.39 is 0 Å². The highest BCUT2D eigenvalue weighted by Gasteiger charge is 2.05. The predicted molar refractivity (Wildman–Crippen MR) is 57.0 cm³/mol. The van der Waals surface area contributed by atoms with Gasteiger partial charge in [-0.1, -0.05) is 5.16 Å². The summed E-state index contributed by atoms with van der Waals surface area (Å²) in [6, 6.07) is 0. The van der Waals surface area contributed by atoms with Crippen LogP contribution < -0.4 is 5.32 Å². The van der Waals surface area contributed by atoms with E-state index in [2.05, 4.69) is 30.4 Å². The zero-order valence-corrected chi connectivity index (χ0v) is 9.33. The summed E-state index contributed by atoms with van der Waals surface area (Å²) in [4.78, 5) is 15.7. The number of hydrogen-bond donors (Lipinski definition) is 1. The van der Waals surface area contributed by atoms with Gasteiger partial charge in [0.25, 0.3) is 0 Å². The molecule has 0 radical (unpaired) electrons. The van der Waals surface area contributed by atoms with Crippen LogP contribution in [0.5, 0.6) is 0 Å². The van der Waals surface area contributed by atoms with E-state index in [-0.39, 0.29) is 0 Å². The molecule has 8 nitrogen and oxygen atoms in total. The second-order valence-electron chi connectivity index (χ2n) is 3.18. The van der Waals surface area contributed by atoms with Gasteiger partial charge < -0.3 is 14.6 Å². The van der Waals surface area contributed by atoms with E-state index in [9.17, 15) is 0 Å². The minimum atomic E-state index is 0.352. The van der Waals surface area contributed by atoms with Gasteiger partial charge in [-0.15, -0.1) is 0 Å². The van der Waals surface area contributed by atoms with Crippen molar-refractivity contribution in [3.05, 3.63) is 24.4 Å². The first kappa shape index (κ1) is 11.4. The highest BCUT2D eigenvalue weighted by atomic mass is 16.5. The van der Waals surface area contributed by atoms with E-state index in [1.54, 1.807) is 7.11 Å². The Morgan fingerprint density at radius 1 is 1.35 bits per heavy atom. The molecule has 0 atom stereocenters. The van der Waals surface area contributed by atoms with Gasteiger partial charge in [0.05, 0.1) is 0 Å². The van der Waals surface area contributed by atoms with Crippen LogP contribution in [0.4, 0.5) is 5.95 Å². The molecule has 2 aromatic rings. The summed E-state index contributed by atoms with van der Waals surface area (Å²) in [5, 5.41) is 6.76. The summed E-state index contributed by atoms with van der Waals surface area (Å²) in [7, 11) is 1.58. The second-order valence-corrected chi connectivity index (χ2v) is 3.18. The van der Waals surface area contributed by atoms with Crippen molar-refractivity contribution in [2.75, 3.05) is 19.0 Å². The lowest BCUT2D eigenvalue weighted by molar-refractivity contribution is 0.174. The fourth-order valence-electron chi connectivity index (χ4n) is 1.19. The highest BCUT2D eigenvalue weighted by Crippen LogP contribution is 2.00. The van der Waals surface area contributed by atoms with Crippen molar-refractivity contribution in [1.82, 2.24) is 25.1 Å². The first-order chi connectivity index (χ1) is 8.38. The monoisotopic (exact) mass is 236 g/mol. The van der Waals surface area contributed by atoms with Gasteiger partial charge in [-0.3, -0.25) is 0 Å². The highest BCUT2D eigenvalue weighted by molar-refractivity contribution is 5.20. The summed E-state index contributed by atoms with van der Waals surface area (Å²) in [6.07, 6.45) is 3.46. The van der Waals surface area contributed by atoms with Crippen LogP contribution in [0.2, 0.25) is 0 Å². The summed E-state index contributed by atoms with van der Waals surface area (Å²) in [5.74, 6) is 1.62. The van der Waals surface area contributed by atoms with E-state index >= 15 is 0 Å². The van der Waals surface area contributed by atoms with E-state index in [0.717, 1.165) is 0 Å². The maximum absolute atomic E-state index is 5.02. The third-order valence-electron chi connectivity index (χ3n) is 1.90. The van der Waals surface area contributed by atoms with Crippen LogP contribution in [0.1, 0.15) is 11.7 Å². The molecule has 2 heterocycles. The molecule has 0 aromatic carbocycles. The van der Waals surface area contributed by atoms with Gasteiger partial charge >= 0.3 is 0 Å². The molecule has 0 saturated carbocycles. The van der Waals surface area contributed by atoms with Crippen LogP contribution >= 0.6 is 0 Å². The van der Waals surface area contributed by atoms with E-state index in [0.29, 0.717) is 37.2 Å². The molecule has 0 unspecified atom stereocenters. The molecule has 0 amide bonds. The zero-order chi connectivity index (χ0) is 11.9. The maximum Gasteiger partial charge on any atom is 0.228 e. The minimum absolute atomic E-state index is 0.352. The smallest absolute Gasteiger partial charge is 0.228 e. The fraction of sp³-hybridized carbons (Fsp3) is 0.444. The van der Waals surface area contributed by atoms with Gasteiger partial charge in [-0.2, -0.15) is 4.98 Å². The number of hydrogen-bond acceptors (Lipinski definition) is 8. The summed E-state index contributed by atoms with van der Waals surface area (Å²) in [6.45, 7) is 0.961. The minimum Gasteiger partial charge on any atom is -0.377 e. The van der Waals surface area contributed by atoms with Crippen LogP contribution in [-0.2, 0) is 17.8 Å². The van der Waals surface area contributed by atoms with Gasteiger partial charge in [0.1, 0.15) is 19.3 Å². The van der Waals surface area contributed by atoms with E-state index in [4.69, 9.17) is 9.26 Å². The Morgan fingerprint density at radius 2 is 2.18 bits per heavy atom. The summed E-state index contributed by atoms with van der Waals surface area (Å²) >= 11 is 0. The van der Waals surface area contributed by atoms with Crippen LogP contribution in [0.3, 0.4) is 0 Å². The first-order valence-electron chi connectivity index (χ1n) is 5.05. The van der Waals surface area contributed by atoms with Crippen molar-refractivity contribution in [3.63, 3.8) is 0 Å². The zero-order valence-electron chi connectivity index (χ0n) is 9.33. The van der Waals surface area contributed by atoms with Gasteiger partial charge in [0.2, 0.25) is 11.8 Å². The lowest BCUT2D eigenvalue weighted by Crippen LogP contribution is -2.08. The van der Waals surface area contributed by atoms with Crippen LogP contribution in [0.15, 0.2) is 17.2 Å². The third-order valence-corrected chi connectivity index (χ3v) is 1.90. The van der Waals surface area contributed by atoms with Crippen molar-refractivity contribution in [2.24, 2.45) is 0 Å². The first-order valence-corrected chi connectivity index (χ1v) is 5.05. The number of nitrogens with one attached hydrogen (secondary N) is 1. The molecule has 0 saturated heterocycles. The molecule has 0 aliphatic carbocycles. The molecule has 1 N–H and O–H groups in total. The molecule has 0 aliphatic heterocycles. The quantitative estimate of drug-likeness (QED) is 0.751. The van der Waals surface area contributed by atoms with Gasteiger partial charge in [0.15, 0.2) is 5.82 Å². The van der Waals surface area contributed by atoms with Crippen LogP contribution in [-0.4, -0.2) is 38.7 Å². The summed E-state index contributed by atoms with van der Waals surface area (Å²) in [5.41, 5.74) is 0. The van der Waals surface area contributed by atoms with Crippen molar-refractivity contribution in [1.29, 1.82) is 0 Å². The Balaban J connectivity index is 1.78. The molecule has 2 aromatic heterocycles. The van der Waals surface area contributed by atoms with Crippen LogP contribution in [0, 0.1) is 0 Å². The average molecular weight is 236 g/mol. The molecule has 90 valence electrons. The predicted octanol–water partition coefficient (Wildman–Crippen LogP) is 0.0556. The largest absolute Gasteiger partial charge is 0.377 e. The molecule has 0 spiro atoms. The Kier molecular flexibility index (Phi) is 3.92. The van der Waals surface area contributed by atoms with Crippen LogP contribution in [0.25, 0.3) is 0 Å². The molecule has 0 bridgehead atoms. The molecule has 8 heteroatoms.